The van der Waals surface area contributed by atoms with E-state index in [1.165, 1.54) is 0 Å². The van der Waals surface area contributed by atoms with Crippen molar-refractivity contribution in [2.75, 3.05) is 0 Å². The zero-order chi connectivity index (χ0) is 12.7. The molecule has 0 bridgehead atoms. The SMILES string of the molecule is CC(C)(C)C1=CC(=O)CC(C(C)(C)C)=C1O. The summed E-state index contributed by atoms with van der Waals surface area (Å²) in [5, 5.41) is 10.3. The Morgan fingerprint density at radius 2 is 1.56 bits per heavy atom. The van der Waals surface area contributed by atoms with Gasteiger partial charge in [-0.3, -0.25) is 4.79 Å². The molecule has 0 aliphatic heterocycles. The van der Waals surface area contributed by atoms with E-state index in [0.717, 1.165) is 11.1 Å². The van der Waals surface area contributed by atoms with Crippen LogP contribution >= 0.6 is 0 Å². The molecule has 0 amide bonds. The van der Waals surface area contributed by atoms with Crippen LogP contribution in [-0.4, -0.2) is 10.9 Å². The molecule has 0 aromatic carbocycles. The Labute approximate surface area is 98.1 Å². The Balaban J connectivity index is 3.31. The molecule has 0 fully saturated rings. The fraction of sp³-hybridized carbons (Fsp3) is 0.643. The molecular formula is C14H22O2. The minimum Gasteiger partial charge on any atom is -0.508 e. The zero-order valence-corrected chi connectivity index (χ0v) is 11.1. The quantitative estimate of drug-likeness (QED) is 0.677. The Kier molecular flexibility index (Phi) is 3.06. The van der Waals surface area contributed by atoms with Gasteiger partial charge in [-0.15, -0.1) is 0 Å². The van der Waals surface area contributed by atoms with Crippen molar-refractivity contribution in [1.82, 2.24) is 0 Å². The lowest BCUT2D eigenvalue weighted by molar-refractivity contribution is -0.114. The van der Waals surface area contributed by atoms with Gasteiger partial charge in [-0.05, 0) is 22.5 Å². The summed E-state index contributed by atoms with van der Waals surface area (Å²) >= 11 is 0. The molecule has 1 rings (SSSR count). The first kappa shape index (κ1) is 13.0. The van der Waals surface area contributed by atoms with Crippen LogP contribution in [0.25, 0.3) is 0 Å². The van der Waals surface area contributed by atoms with Crippen molar-refractivity contribution in [3.63, 3.8) is 0 Å². The summed E-state index contributed by atoms with van der Waals surface area (Å²) in [6.07, 6.45) is 1.93. The number of rotatable bonds is 0. The van der Waals surface area contributed by atoms with E-state index in [1.54, 1.807) is 6.08 Å². The lowest BCUT2D eigenvalue weighted by Crippen LogP contribution is -2.24. The molecule has 0 saturated carbocycles. The van der Waals surface area contributed by atoms with Crippen LogP contribution in [0, 0.1) is 10.8 Å². The van der Waals surface area contributed by atoms with Crippen LogP contribution in [-0.2, 0) is 4.79 Å². The highest BCUT2D eigenvalue weighted by Crippen LogP contribution is 2.40. The normalized spacial score (nSPS) is 18.9. The summed E-state index contributed by atoms with van der Waals surface area (Å²) in [4.78, 5) is 11.7. The maximum Gasteiger partial charge on any atom is 0.160 e. The minimum absolute atomic E-state index is 0.0904. The fourth-order valence-electron chi connectivity index (χ4n) is 1.89. The Morgan fingerprint density at radius 3 is 1.94 bits per heavy atom. The van der Waals surface area contributed by atoms with Crippen molar-refractivity contribution >= 4 is 5.78 Å². The molecule has 1 aliphatic rings. The molecule has 0 radical (unpaired) electrons. The molecule has 16 heavy (non-hydrogen) atoms. The second-order valence-corrected chi connectivity index (χ2v) is 6.53. The van der Waals surface area contributed by atoms with E-state index in [0.29, 0.717) is 12.2 Å². The van der Waals surface area contributed by atoms with Crippen molar-refractivity contribution in [3.05, 3.63) is 23.0 Å². The number of ketones is 1. The lowest BCUT2D eigenvalue weighted by Gasteiger charge is -2.32. The van der Waals surface area contributed by atoms with Gasteiger partial charge in [0.2, 0.25) is 0 Å². The molecule has 2 nitrogen and oxygen atoms in total. The van der Waals surface area contributed by atoms with E-state index in [9.17, 15) is 9.90 Å². The first-order valence-electron chi connectivity index (χ1n) is 5.71. The van der Waals surface area contributed by atoms with Gasteiger partial charge in [0, 0.05) is 12.0 Å². The van der Waals surface area contributed by atoms with Crippen LogP contribution in [0.3, 0.4) is 0 Å². The van der Waals surface area contributed by atoms with Crippen molar-refractivity contribution < 1.29 is 9.90 Å². The van der Waals surface area contributed by atoms with E-state index in [2.05, 4.69) is 0 Å². The summed E-state index contributed by atoms with van der Waals surface area (Å²) in [6.45, 7) is 12.1. The number of carbonyl (C=O) groups is 1. The molecule has 90 valence electrons. The van der Waals surface area contributed by atoms with Gasteiger partial charge in [0.1, 0.15) is 5.76 Å². The van der Waals surface area contributed by atoms with Crippen molar-refractivity contribution in [1.29, 1.82) is 0 Å². The first-order chi connectivity index (χ1) is 7.03. The van der Waals surface area contributed by atoms with Crippen LogP contribution in [0.5, 0.6) is 0 Å². The lowest BCUT2D eigenvalue weighted by atomic mass is 9.74. The molecule has 0 heterocycles. The third-order valence-electron chi connectivity index (χ3n) is 2.91. The van der Waals surface area contributed by atoms with E-state index in [1.807, 2.05) is 41.5 Å². The molecule has 2 heteroatoms. The number of hydrogen-bond donors (Lipinski definition) is 1. The second-order valence-electron chi connectivity index (χ2n) is 6.53. The van der Waals surface area contributed by atoms with Gasteiger partial charge in [0.05, 0.1) is 0 Å². The monoisotopic (exact) mass is 222 g/mol. The number of hydrogen-bond acceptors (Lipinski definition) is 2. The predicted octanol–water partition coefficient (Wildman–Crippen LogP) is 3.79. The van der Waals surface area contributed by atoms with Gasteiger partial charge < -0.3 is 5.11 Å². The topological polar surface area (TPSA) is 37.3 Å². The standard InChI is InChI=1S/C14H22O2/c1-13(2,3)10-7-9(15)8-11(12(10)16)14(4,5)6/h7,16H,8H2,1-6H3. The summed E-state index contributed by atoms with van der Waals surface area (Å²) in [7, 11) is 0. The summed E-state index contributed by atoms with van der Waals surface area (Å²) in [5.74, 6) is 0.409. The third-order valence-corrected chi connectivity index (χ3v) is 2.91. The van der Waals surface area contributed by atoms with Crippen molar-refractivity contribution in [3.8, 4) is 0 Å². The van der Waals surface area contributed by atoms with Gasteiger partial charge in [-0.25, -0.2) is 0 Å². The van der Waals surface area contributed by atoms with Gasteiger partial charge in [-0.1, -0.05) is 41.5 Å². The largest absolute Gasteiger partial charge is 0.508 e. The van der Waals surface area contributed by atoms with Gasteiger partial charge in [0.25, 0.3) is 0 Å². The number of aliphatic hydroxyl groups is 1. The first-order valence-corrected chi connectivity index (χ1v) is 5.71. The summed E-state index contributed by atoms with van der Waals surface area (Å²) in [5.41, 5.74) is 1.25. The molecule has 0 aromatic rings. The van der Waals surface area contributed by atoms with Crippen LogP contribution in [0.15, 0.2) is 23.0 Å². The number of carbonyl (C=O) groups excluding carboxylic acids is 1. The highest BCUT2D eigenvalue weighted by molar-refractivity contribution is 5.94. The van der Waals surface area contributed by atoms with Crippen LogP contribution in [0.4, 0.5) is 0 Å². The highest BCUT2D eigenvalue weighted by Gasteiger charge is 2.32. The van der Waals surface area contributed by atoms with E-state index >= 15 is 0 Å². The van der Waals surface area contributed by atoms with Gasteiger partial charge >= 0.3 is 0 Å². The molecule has 0 spiro atoms. The van der Waals surface area contributed by atoms with Crippen LogP contribution < -0.4 is 0 Å². The molecule has 0 atom stereocenters. The molecule has 1 aliphatic carbocycles. The number of allylic oxidation sites excluding steroid dienone is 3. The predicted molar refractivity (Wildman–Crippen MR) is 66.3 cm³/mol. The van der Waals surface area contributed by atoms with E-state index in [-0.39, 0.29) is 16.6 Å². The zero-order valence-electron chi connectivity index (χ0n) is 11.1. The average Bonchev–Trinajstić information content (AvgIpc) is 2.04. The molecule has 0 unspecified atom stereocenters. The van der Waals surface area contributed by atoms with E-state index < -0.39 is 0 Å². The van der Waals surface area contributed by atoms with Gasteiger partial charge in [-0.2, -0.15) is 0 Å². The third kappa shape index (κ3) is 2.55. The number of aliphatic hydroxyl groups excluding tert-OH is 1. The van der Waals surface area contributed by atoms with Crippen molar-refractivity contribution in [2.45, 2.75) is 48.0 Å². The molecule has 0 aromatic heterocycles. The Hall–Kier alpha value is -1.05. The van der Waals surface area contributed by atoms with E-state index in [4.69, 9.17) is 0 Å². The molecule has 0 saturated heterocycles. The highest BCUT2D eigenvalue weighted by atomic mass is 16.3. The molecular weight excluding hydrogens is 200 g/mol. The van der Waals surface area contributed by atoms with Crippen LogP contribution in [0.1, 0.15) is 48.0 Å². The second kappa shape index (κ2) is 3.76. The van der Waals surface area contributed by atoms with Crippen LogP contribution in [0.2, 0.25) is 0 Å². The maximum absolute atomic E-state index is 11.7. The average molecular weight is 222 g/mol. The summed E-state index contributed by atoms with van der Waals surface area (Å²) in [6, 6.07) is 0. The summed E-state index contributed by atoms with van der Waals surface area (Å²) < 4.78 is 0. The minimum atomic E-state index is -0.198. The Morgan fingerprint density at radius 1 is 1.06 bits per heavy atom. The maximum atomic E-state index is 11.7. The van der Waals surface area contributed by atoms with Crippen molar-refractivity contribution in [2.24, 2.45) is 10.8 Å². The van der Waals surface area contributed by atoms with Gasteiger partial charge in [0.15, 0.2) is 5.78 Å². The molecule has 1 N–H and O–H groups in total. The smallest absolute Gasteiger partial charge is 0.160 e. The fourth-order valence-corrected chi connectivity index (χ4v) is 1.89. The Bertz CT molecular complexity index is 353.